The maximum atomic E-state index is 10.1. The summed E-state index contributed by atoms with van der Waals surface area (Å²) in [6, 6.07) is 11.0. The number of aliphatic hydroxyl groups is 1. The van der Waals surface area contributed by atoms with E-state index in [0.29, 0.717) is 36.7 Å². The molecule has 0 aliphatic rings. The quantitative estimate of drug-likeness (QED) is 0.756. The summed E-state index contributed by atoms with van der Waals surface area (Å²) in [4.78, 5) is 2.08. The van der Waals surface area contributed by atoms with Gasteiger partial charge in [-0.3, -0.25) is 4.90 Å². The zero-order chi connectivity index (χ0) is 16.4. The second-order valence-electron chi connectivity index (χ2n) is 5.66. The van der Waals surface area contributed by atoms with Crippen LogP contribution in [-0.4, -0.2) is 42.4 Å². The van der Waals surface area contributed by atoms with Gasteiger partial charge in [-0.2, -0.15) is 10.5 Å². The van der Waals surface area contributed by atoms with Crippen LogP contribution in [0.3, 0.4) is 0 Å². The highest BCUT2D eigenvalue weighted by Crippen LogP contribution is 2.12. The van der Waals surface area contributed by atoms with Crippen molar-refractivity contribution in [2.75, 3.05) is 26.2 Å². The predicted octanol–water partition coefficient (Wildman–Crippen LogP) is 2.17. The lowest BCUT2D eigenvalue weighted by molar-refractivity contribution is 0.0650. The average molecular weight is 301 g/mol. The Balaban J connectivity index is 2.43. The molecule has 5 heteroatoms. The number of hydrogen-bond acceptors (Lipinski definition) is 5. The van der Waals surface area contributed by atoms with E-state index in [2.05, 4.69) is 24.8 Å². The third-order valence-corrected chi connectivity index (χ3v) is 3.06. The molecule has 0 unspecified atom stereocenters. The highest BCUT2D eigenvalue weighted by molar-refractivity contribution is 5.34. The van der Waals surface area contributed by atoms with Crippen LogP contribution < -0.4 is 4.74 Å². The third kappa shape index (κ3) is 7.08. The Hall–Kier alpha value is -2.08. The van der Waals surface area contributed by atoms with Crippen molar-refractivity contribution in [3.63, 3.8) is 0 Å². The molecule has 0 radical (unpaired) electrons. The van der Waals surface area contributed by atoms with Crippen LogP contribution >= 0.6 is 0 Å². The van der Waals surface area contributed by atoms with Gasteiger partial charge in [0.1, 0.15) is 18.5 Å². The number of hydrogen-bond donors (Lipinski definition) is 1. The van der Waals surface area contributed by atoms with E-state index in [0.717, 1.165) is 6.54 Å². The van der Waals surface area contributed by atoms with E-state index >= 15 is 0 Å². The Kier molecular flexibility index (Phi) is 7.99. The molecular weight excluding hydrogens is 278 g/mol. The number of nitrogens with zero attached hydrogens (tertiary/aromatic N) is 3. The molecule has 0 aliphatic heterocycles. The highest BCUT2D eigenvalue weighted by atomic mass is 16.5. The van der Waals surface area contributed by atoms with Crippen LogP contribution in [0.4, 0.5) is 0 Å². The number of nitriles is 2. The Morgan fingerprint density at radius 3 is 2.41 bits per heavy atom. The molecule has 1 aromatic rings. The van der Waals surface area contributed by atoms with Crippen molar-refractivity contribution in [3.05, 3.63) is 29.8 Å². The summed E-state index contributed by atoms with van der Waals surface area (Å²) in [7, 11) is 0. The Morgan fingerprint density at radius 2 is 1.86 bits per heavy atom. The van der Waals surface area contributed by atoms with Gasteiger partial charge in [-0.15, -0.1) is 0 Å². The maximum absolute atomic E-state index is 10.1. The number of rotatable bonds is 9. The minimum absolute atomic E-state index is 0.188. The molecule has 1 N–H and O–H groups in total. The highest BCUT2D eigenvalue weighted by Gasteiger charge is 2.13. The lowest BCUT2D eigenvalue weighted by atomic mass is 10.2. The molecule has 0 saturated carbocycles. The van der Waals surface area contributed by atoms with Crippen LogP contribution in [0, 0.1) is 28.6 Å². The Labute approximate surface area is 132 Å². The summed E-state index contributed by atoms with van der Waals surface area (Å²) in [6.07, 6.45) is -0.163. The summed E-state index contributed by atoms with van der Waals surface area (Å²) in [5.74, 6) is 1.11. The molecule has 0 aliphatic carbocycles. The van der Waals surface area contributed by atoms with Crippen molar-refractivity contribution >= 4 is 0 Å². The van der Waals surface area contributed by atoms with E-state index in [1.54, 1.807) is 24.3 Å². The second-order valence-corrected chi connectivity index (χ2v) is 5.66. The summed E-state index contributed by atoms with van der Waals surface area (Å²) in [5.41, 5.74) is 0.576. The van der Waals surface area contributed by atoms with Gasteiger partial charge in [0.15, 0.2) is 0 Å². The number of aliphatic hydroxyl groups excluding tert-OH is 1. The molecule has 1 atom stereocenters. The van der Waals surface area contributed by atoms with Crippen molar-refractivity contribution in [1.29, 1.82) is 10.5 Å². The first-order valence-corrected chi connectivity index (χ1v) is 7.45. The fraction of sp³-hybridized carbons (Fsp3) is 0.529. The SMILES string of the molecule is CC(C)CN(CCC#N)C[C@H](O)COc1ccc(C#N)cc1. The summed E-state index contributed by atoms with van der Waals surface area (Å²) in [5, 5.41) is 27.5. The van der Waals surface area contributed by atoms with Gasteiger partial charge in [0.2, 0.25) is 0 Å². The van der Waals surface area contributed by atoms with Gasteiger partial charge in [0.05, 0.1) is 17.7 Å². The maximum Gasteiger partial charge on any atom is 0.119 e. The third-order valence-electron chi connectivity index (χ3n) is 3.06. The largest absolute Gasteiger partial charge is 0.491 e. The van der Waals surface area contributed by atoms with Crippen LogP contribution in [0.5, 0.6) is 5.75 Å². The minimum Gasteiger partial charge on any atom is -0.491 e. The lowest BCUT2D eigenvalue weighted by Gasteiger charge is -2.25. The van der Waals surface area contributed by atoms with E-state index in [-0.39, 0.29) is 6.61 Å². The first-order chi connectivity index (χ1) is 10.5. The zero-order valence-corrected chi connectivity index (χ0v) is 13.2. The summed E-state index contributed by atoms with van der Waals surface area (Å²) in [6.45, 7) is 6.39. The van der Waals surface area contributed by atoms with Crippen LogP contribution in [-0.2, 0) is 0 Å². The predicted molar refractivity (Wildman–Crippen MR) is 84.2 cm³/mol. The summed E-state index contributed by atoms with van der Waals surface area (Å²) < 4.78 is 5.53. The Bertz CT molecular complexity index is 514. The zero-order valence-electron chi connectivity index (χ0n) is 13.2. The summed E-state index contributed by atoms with van der Waals surface area (Å²) >= 11 is 0. The van der Waals surface area contributed by atoms with E-state index in [1.807, 2.05) is 6.07 Å². The molecule has 0 saturated heterocycles. The molecule has 0 aromatic heterocycles. The van der Waals surface area contributed by atoms with Crippen LogP contribution in [0.1, 0.15) is 25.8 Å². The molecule has 0 bridgehead atoms. The van der Waals surface area contributed by atoms with E-state index in [9.17, 15) is 5.11 Å². The second kappa shape index (κ2) is 9.78. The molecule has 0 amide bonds. The molecule has 5 nitrogen and oxygen atoms in total. The molecule has 118 valence electrons. The van der Waals surface area contributed by atoms with Crippen LogP contribution in [0.25, 0.3) is 0 Å². The fourth-order valence-corrected chi connectivity index (χ4v) is 2.15. The van der Waals surface area contributed by atoms with Crippen molar-refractivity contribution < 1.29 is 9.84 Å². The molecule has 22 heavy (non-hydrogen) atoms. The number of ether oxygens (including phenoxy) is 1. The van der Waals surface area contributed by atoms with Gasteiger partial charge in [-0.25, -0.2) is 0 Å². The standard InChI is InChI=1S/C17H23N3O2/c1-14(2)11-20(9-3-8-18)12-16(21)13-22-17-6-4-15(10-19)5-7-17/h4-7,14,16,21H,3,9,11-13H2,1-2H3/t16-/m0/s1. The van der Waals surface area contributed by atoms with E-state index in [1.165, 1.54) is 0 Å². The average Bonchev–Trinajstić information content (AvgIpc) is 2.50. The van der Waals surface area contributed by atoms with Gasteiger partial charge in [-0.1, -0.05) is 13.8 Å². The van der Waals surface area contributed by atoms with E-state index < -0.39 is 6.10 Å². The van der Waals surface area contributed by atoms with Gasteiger partial charge in [0, 0.05) is 26.1 Å². The van der Waals surface area contributed by atoms with Crippen molar-refractivity contribution in [1.82, 2.24) is 4.90 Å². The smallest absolute Gasteiger partial charge is 0.119 e. The minimum atomic E-state index is -0.618. The fourth-order valence-electron chi connectivity index (χ4n) is 2.15. The van der Waals surface area contributed by atoms with Gasteiger partial charge in [0.25, 0.3) is 0 Å². The lowest BCUT2D eigenvalue weighted by Crippen LogP contribution is -2.38. The Morgan fingerprint density at radius 1 is 1.18 bits per heavy atom. The molecule has 0 spiro atoms. The van der Waals surface area contributed by atoms with E-state index in [4.69, 9.17) is 15.3 Å². The molecule has 1 rings (SSSR count). The van der Waals surface area contributed by atoms with Crippen LogP contribution in [0.15, 0.2) is 24.3 Å². The topological polar surface area (TPSA) is 80.3 Å². The van der Waals surface area contributed by atoms with Crippen LogP contribution in [0.2, 0.25) is 0 Å². The first kappa shape index (κ1) is 18.0. The molecule has 0 heterocycles. The first-order valence-electron chi connectivity index (χ1n) is 7.45. The molecule has 1 aromatic carbocycles. The normalized spacial score (nSPS) is 12.0. The molecular formula is C17H23N3O2. The van der Waals surface area contributed by atoms with Crippen molar-refractivity contribution in [3.8, 4) is 17.9 Å². The number of benzene rings is 1. The van der Waals surface area contributed by atoms with Gasteiger partial charge in [-0.05, 0) is 30.2 Å². The van der Waals surface area contributed by atoms with Crippen molar-refractivity contribution in [2.24, 2.45) is 5.92 Å². The monoisotopic (exact) mass is 301 g/mol. The van der Waals surface area contributed by atoms with Crippen molar-refractivity contribution in [2.45, 2.75) is 26.4 Å². The van der Waals surface area contributed by atoms with Gasteiger partial charge < -0.3 is 9.84 Å². The van der Waals surface area contributed by atoms with Gasteiger partial charge >= 0.3 is 0 Å². The molecule has 0 fully saturated rings.